The van der Waals surface area contributed by atoms with Crippen molar-refractivity contribution in [2.24, 2.45) is 4.99 Å². The fourth-order valence-corrected chi connectivity index (χ4v) is 1.34. The van der Waals surface area contributed by atoms with Gasteiger partial charge in [0.25, 0.3) is 0 Å². The van der Waals surface area contributed by atoms with Crippen molar-refractivity contribution in [1.82, 2.24) is 0 Å². The molecule has 1 aliphatic heterocycles. The van der Waals surface area contributed by atoms with Gasteiger partial charge in [-0.2, -0.15) is 0 Å². The summed E-state index contributed by atoms with van der Waals surface area (Å²) in [5, 5.41) is 0. The number of ether oxygens (including phenoxy) is 1. The van der Waals surface area contributed by atoms with E-state index in [-0.39, 0.29) is 6.04 Å². The quantitative estimate of drug-likeness (QED) is 0.668. The summed E-state index contributed by atoms with van der Waals surface area (Å²) in [6.45, 7) is 6.58. The molecule has 1 aromatic rings. The molecule has 2 nitrogen and oxygen atoms in total. The summed E-state index contributed by atoms with van der Waals surface area (Å²) in [4.78, 5) is 4.35. The first-order valence-electron chi connectivity index (χ1n) is 5.08. The molecule has 1 aliphatic rings. The molecule has 0 aliphatic carbocycles. The van der Waals surface area contributed by atoms with Gasteiger partial charge >= 0.3 is 0 Å². The van der Waals surface area contributed by atoms with Crippen molar-refractivity contribution in [1.29, 1.82) is 0 Å². The van der Waals surface area contributed by atoms with Gasteiger partial charge in [0, 0.05) is 6.92 Å². The van der Waals surface area contributed by atoms with Crippen LogP contribution in [0.3, 0.4) is 0 Å². The summed E-state index contributed by atoms with van der Waals surface area (Å²) >= 11 is 0. The topological polar surface area (TPSA) is 21.6 Å². The van der Waals surface area contributed by atoms with Crippen molar-refractivity contribution in [3.63, 3.8) is 0 Å². The lowest BCUT2D eigenvalue weighted by Gasteiger charge is -2.03. The second kappa shape index (κ2) is 5.43. The summed E-state index contributed by atoms with van der Waals surface area (Å²) < 4.78 is 5.27. The molecule has 1 unspecified atom stereocenters. The van der Waals surface area contributed by atoms with Crippen molar-refractivity contribution in [3.8, 4) is 0 Å². The summed E-state index contributed by atoms with van der Waals surface area (Å²) in [6, 6.07) is 10.4. The fraction of sp³-hybridized carbons (Fsp3) is 0.417. The summed E-state index contributed by atoms with van der Waals surface area (Å²) in [5.41, 5.74) is 1.23. The number of aliphatic imine (C=N–C) groups is 1. The molecule has 2 heteroatoms. The Morgan fingerprint density at radius 3 is 2.36 bits per heavy atom. The highest BCUT2D eigenvalue weighted by atomic mass is 16.5. The molecule has 0 fully saturated rings. The zero-order chi connectivity index (χ0) is 10.4. The van der Waals surface area contributed by atoms with Crippen LogP contribution < -0.4 is 0 Å². The third-order valence-electron chi connectivity index (χ3n) is 1.97. The maximum atomic E-state index is 5.27. The van der Waals surface area contributed by atoms with Crippen molar-refractivity contribution in [2.45, 2.75) is 26.8 Å². The van der Waals surface area contributed by atoms with E-state index in [1.165, 1.54) is 5.56 Å². The minimum Gasteiger partial charge on any atom is -0.479 e. The Balaban J connectivity index is 0.000000461. The van der Waals surface area contributed by atoms with Crippen LogP contribution in [0, 0.1) is 0 Å². The molecular weight excluding hydrogens is 174 g/mol. The highest BCUT2D eigenvalue weighted by Gasteiger charge is 2.16. The predicted octanol–water partition coefficient (Wildman–Crippen LogP) is 3.20. The molecule has 1 atom stereocenters. The Hall–Kier alpha value is -1.31. The molecule has 14 heavy (non-hydrogen) atoms. The molecule has 0 radical (unpaired) electrons. The Morgan fingerprint density at radius 1 is 1.21 bits per heavy atom. The molecule has 0 bridgehead atoms. The zero-order valence-corrected chi connectivity index (χ0v) is 9.03. The molecule has 2 rings (SSSR count). The second-order valence-corrected chi connectivity index (χ2v) is 2.89. The number of nitrogens with zero attached hydrogens (tertiary/aromatic N) is 1. The third-order valence-corrected chi connectivity index (χ3v) is 1.97. The average Bonchev–Trinajstić information content (AvgIpc) is 2.69. The van der Waals surface area contributed by atoms with E-state index in [2.05, 4.69) is 17.1 Å². The van der Waals surface area contributed by atoms with Crippen LogP contribution in [-0.4, -0.2) is 12.5 Å². The Morgan fingerprint density at radius 2 is 1.86 bits per heavy atom. The molecular formula is C12H17NO. The minimum absolute atomic E-state index is 0.214. The smallest absolute Gasteiger partial charge is 0.180 e. The Labute approximate surface area is 85.6 Å². The van der Waals surface area contributed by atoms with Gasteiger partial charge in [-0.15, -0.1) is 0 Å². The van der Waals surface area contributed by atoms with Crippen LogP contribution in [0.15, 0.2) is 35.3 Å². The van der Waals surface area contributed by atoms with Crippen LogP contribution in [0.5, 0.6) is 0 Å². The van der Waals surface area contributed by atoms with Gasteiger partial charge in [-0.3, -0.25) is 0 Å². The van der Waals surface area contributed by atoms with Gasteiger partial charge in [0.15, 0.2) is 5.90 Å². The van der Waals surface area contributed by atoms with E-state index in [9.17, 15) is 0 Å². The van der Waals surface area contributed by atoms with Crippen LogP contribution in [-0.2, 0) is 4.74 Å². The standard InChI is InChI=1S/C10H11NO.C2H6/c1-8-11-10(7-12-8)9-5-3-2-4-6-9;1-2/h2-6,10H,7H2,1H3;1-2H3. The highest BCUT2D eigenvalue weighted by molar-refractivity contribution is 5.74. The summed E-state index contributed by atoms with van der Waals surface area (Å²) in [7, 11) is 0. The lowest BCUT2D eigenvalue weighted by atomic mass is 10.1. The third kappa shape index (κ3) is 2.59. The van der Waals surface area contributed by atoms with Gasteiger partial charge in [0.2, 0.25) is 0 Å². The molecule has 1 aromatic carbocycles. The van der Waals surface area contributed by atoms with Gasteiger partial charge in [0.05, 0.1) is 0 Å². The Bertz CT molecular complexity index is 292. The number of hydrogen-bond acceptors (Lipinski definition) is 2. The summed E-state index contributed by atoms with van der Waals surface area (Å²) in [6.07, 6.45) is 0. The summed E-state index contributed by atoms with van der Waals surface area (Å²) in [5.74, 6) is 0.795. The molecule has 0 saturated carbocycles. The Kier molecular flexibility index (Phi) is 4.17. The van der Waals surface area contributed by atoms with Gasteiger partial charge < -0.3 is 4.74 Å². The molecule has 0 N–H and O–H groups in total. The van der Waals surface area contributed by atoms with Crippen LogP contribution in [0.2, 0.25) is 0 Å². The molecule has 0 saturated heterocycles. The van der Waals surface area contributed by atoms with Crippen LogP contribution >= 0.6 is 0 Å². The maximum Gasteiger partial charge on any atom is 0.180 e. The normalized spacial score (nSPS) is 19.1. The van der Waals surface area contributed by atoms with Gasteiger partial charge in [-0.25, -0.2) is 4.99 Å². The van der Waals surface area contributed by atoms with E-state index in [1.807, 2.05) is 39.0 Å². The van der Waals surface area contributed by atoms with E-state index < -0.39 is 0 Å². The molecule has 76 valence electrons. The van der Waals surface area contributed by atoms with E-state index in [0.717, 1.165) is 5.90 Å². The lowest BCUT2D eigenvalue weighted by Crippen LogP contribution is -1.96. The SMILES string of the molecule is CC.CC1=NC(c2ccccc2)CO1. The van der Waals surface area contributed by atoms with E-state index in [0.29, 0.717) is 6.61 Å². The number of hydrogen-bond donors (Lipinski definition) is 0. The number of rotatable bonds is 1. The predicted molar refractivity (Wildman–Crippen MR) is 59.6 cm³/mol. The van der Waals surface area contributed by atoms with Crippen LogP contribution in [0.25, 0.3) is 0 Å². The lowest BCUT2D eigenvalue weighted by molar-refractivity contribution is 0.317. The molecule has 0 aromatic heterocycles. The molecule has 1 heterocycles. The van der Waals surface area contributed by atoms with Crippen molar-refractivity contribution >= 4 is 5.90 Å². The average molecular weight is 191 g/mol. The fourth-order valence-electron chi connectivity index (χ4n) is 1.34. The van der Waals surface area contributed by atoms with Crippen LogP contribution in [0.1, 0.15) is 32.4 Å². The van der Waals surface area contributed by atoms with E-state index in [4.69, 9.17) is 4.74 Å². The first-order valence-corrected chi connectivity index (χ1v) is 5.08. The van der Waals surface area contributed by atoms with Crippen LogP contribution in [0.4, 0.5) is 0 Å². The first kappa shape index (κ1) is 10.8. The molecule has 0 amide bonds. The van der Waals surface area contributed by atoms with E-state index in [1.54, 1.807) is 0 Å². The zero-order valence-electron chi connectivity index (χ0n) is 9.03. The number of benzene rings is 1. The van der Waals surface area contributed by atoms with Crippen molar-refractivity contribution < 1.29 is 4.74 Å². The molecule has 0 spiro atoms. The largest absolute Gasteiger partial charge is 0.479 e. The monoisotopic (exact) mass is 191 g/mol. The van der Waals surface area contributed by atoms with Gasteiger partial charge in [0.1, 0.15) is 12.6 Å². The van der Waals surface area contributed by atoms with Gasteiger partial charge in [-0.05, 0) is 5.56 Å². The maximum absolute atomic E-state index is 5.27. The highest BCUT2D eigenvalue weighted by Crippen LogP contribution is 2.21. The minimum atomic E-state index is 0.214. The van der Waals surface area contributed by atoms with Crippen molar-refractivity contribution in [2.75, 3.05) is 6.61 Å². The first-order chi connectivity index (χ1) is 6.86. The van der Waals surface area contributed by atoms with Gasteiger partial charge in [-0.1, -0.05) is 44.2 Å². The second-order valence-electron chi connectivity index (χ2n) is 2.89. The van der Waals surface area contributed by atoms with Crippen molar-refractivity contribution in [3.05, 3.63) is 35.9 Å². The van der Waals surface area contributed by atoms with E-state index >= 15 is 0 Å².